The highest BCUT2D eigenvalue weighted by atomic mass is 16.5. The van der Waals surface area contributed by atoms with E-state index in [9.17, 15) is 9.90 Å². The van der Waals surface area contributed by atoms with Crippen molar-refractivity contribution < 1.29 is 19.4 Å². The van der Waals surface area contributed by atoms with Crippen LogP contribution in [-0.4, -0.2) is 49.3 Å². The number of hydrogen-bond acceptors (Lipinski definition) is 6. The summed E-state index contributed by atoms with van der Waals surface area (Å²) in [6, 6.07) is 11.5. The van der Waals surface area contributed by atoms with Crippen molar-refractivity contribution in [1.82, 2.24) is 4.90 Å². The number of phenols is 1. The van der Waals surface area contributed by atoms with Crippen LogP contribution in [0.2, 0.25) is 0 Å². The molecule has 1 aliphatic carbocycles. The first-order valence-corrected chi connectivity index (χ1v) is 12.2. The number of methoxy groups -OCH3 is 1. The summed E-state index contributed by atoms with van der Waals surface area (Å²) < 4.78 is 11.7. The Morgan fingerprint density at radius 2 is 1.88 bits per heavy atom. The standard InChI is InChI=1S/C27H34N2O4/c1-28-12-11-25(19-7-9-22(30)10-8-19)33-26-15-21-17-29(16-18-5-3-4-6-18)24(27(31)32-2)14-20(21)13-23(26)28/h7-10,13,15,18,24-25,30H,3-6,11-12,14,16-17H2,1-2H3/t24-,25+/m0/s1. The third kappa shape index (κ3) is 4.54. The molecule has 0 unspecified atom stereocenters. The van der Waals surface area contributed by atoms with Crippen molar-refractivity contribution >= 4 is 11.7 Å². The van der Waals surface area contributed by atoms with E-state index in [-0.39, 0.29) is 23.9 Å². The van der Waals surface area contributed by atoms with E-state index in [1.54, 1.807) is 12.1 Å². The predicted molar refractivity (Wildman–Crippen MR) is 128 cm³/mol. The number of fused-ring (bicyclic) bond motifs is 2. The summed E-state index contributed by atoms with van der Waals surface area (Å²) in [5, 5.41) is 9.66. The van der Waals surface area contributed by atoms with Gasteiger partial charge in [0, 0.05) is 33.1 Å². The van der Waals surface area contributed by atoms with Gasteiger partial charge in [0.05, 0.1) is 12.8 Å². The molecule has 2 aliphatic heterocycles. The highest BCUT2D eigenvalue weighted by molar-refractivity contribution is 5.77. The van der Waals surface area contributed by atoms with Crippen molar-refractivity contribution in [2.45, 2.75) is 57.2 Å². The average molecular weight is 451 g/mol. The zero-order chi connectivity index (χ0) is 22.9. The molecule has 1 fully saturated rings. The molecule has 0 saturated heterocycles. The second-order valence-electron chi connectivity index (χ2n) is 9.82. The van der Waals surface area contributed by atoms with E-state index in [1.807, 2.05) is 12.1 Å². The first-order valence-electron chi connectivity index (χ1n) is 12.2. The van der Waals surface area contributed by atoms with E-state index >= 15 is 0 Å². The molecule has 0 spiro atoms. The first kappa shape index (κ1) is 22.1. The first-order chi connectivity index (χ1) is 16.0. The minimum absolute atomic E-state index is 0.0617. The van der Waals surface area contributed by atoms with Gasteiger partial charge in [-0.2, -0.15) is 0 Å². The van der Waals surface area contributed by atoms with Gasteiger partial charge in [0.15, 0.2) is 0 Å². The molecule has 3 aliphatic rings. The lowest BCUT2D eigenvalue weighted by atomic mass is 9.91. The summed E-state index contributed by atoms with van der Waals surface area (Å²) in [5.41, 5.74) is 4.60. The molecule has 2 atom stereocenters. The van der Waals surface area contributed by atoms with Crippen molar-refractivity contribution in [3.63, 3.8) is 0 Å². The summed E-state index contributed by atoms with van der Waals surface area (Å²) in [4.78, 5) is 17.2. The van der Waals surface area contributed by atoms with Crippen LogP contribution >= 0.6 is 0 Å². The Bertz CT molecular complexity index is 1000. The fourth-order valence-corrected chi connectivity index (χ4v) is 5.70. The van der Waals surface area contributed by atoms with Gasteiger partial charge in [-0.25, -0.2) is 0 Å². The van der Waals surface area contributed by atoms with Crippen LogP contribution in [0.3, 0.4) is 0 Å². The molecular formula is C27H34N2O4. The molecule has 6 heteroatoms. The topological polar surface area (TPSA) is 62.2 Å². The van der Waals surface area contributed by atoms with Crippen LogP contribution in [0.4, 0.5) is 5.69 Å². The van der Waals surface area contributed by atoms with Gasteiger partial charge < -0.3 is 19.5 Å². The number of rotatable bonds is 4. The van der Waals surface area contributed by atoms with Crippen molar-refractivity contribution in [2.24, 2.45) is 5.92 Å². The number of ether oxygens (including phenoxy) is 2. The van der Waals surface area contributed by atoms with Crippen LogP contribution in [0.1, 0.15) is 54.9 Å². The number of aromatic hydroxyl groups is 1. The van der Waals surface area contributed by atoms with Crippen LogP contribution in [0, 0.1) is 5.92 Å². The number of carbonyl (C=O) groups is 1. The Kier molecular flexibility index (Phi) is 6.19. The molecule has 2 heterocycles. The molecule has 2 aromatic rings. The highest BCUT2D eigenvalue weighted by Gasteiger charge is 2.35. The fourth-order valence-electron chi connectivity index (χ4n) is 5.70. The number of benzene rings is 2. The van der Waals surface area contributed by atoms with Crippen molar-refractivity contribution in [3.05, 3.63) is 53.1 Å². The molecule has 5 rings (SSSR count). The van der Waals surface area contributed by atoms with E-state index < -0.39 is 0 Å². The highest BCUT2D eigenvalue weighted by Crippen LogP contribution is 2.41. The van der Waals surface area contributed by atoms with E-state index in [2.05, 4.69) is 29.0 Å². The molecule has 1 N–H and O–H groups in total. The van der Waals surface area contributed by atoms with E-state index in [0.29, 0.717) is 12.3 Å². The number of esters is 1. The quantitative estimate of drug-likeness (QED) is 0.695. The van der Waals surface area contributed by atoms with Gasteiger partial charge in [-0.05, 0) is 66.1 Å². The number of carbonyl (C=O) groups excluding carboxylic acids is 1. The van der Waals surface area contributed by atoms with Gasteiger partial charge in [-0.3, -0.25) is 9.69 Å². The number of anilines is 1. The average Bonchev–Trinajstić information content (AvgIpc) is 3.28. The summed E-state index contributed by atoms with van der Waals surface area (Å²) in [7, 11) is 3.59. The van der Waals surface area contributed by atoms with E-state index in [0.717, 1.165) is 43.1 Å². The number of hydrogen-bond donors (Lipinski definition) is 1. The lowest BCUT2D eigenvalue weighted by Crippen LogP contribution is -2.47. The molecule has 6 nitrogen and oxygen atoms in total. The molecule has 0 aromatic heterocycles. The molecule has 176 valence electrons. The van der Waals surface area contributed by atoms with E-state index in [1.165, 1.54) is 43.9 Å². The number of phenolic OH excluding ortho intramolecular Hbond substituents is 1. The maximum Gasteiger partial charge on any atom is 0.323 e. The number of nitrogens with zero attached hydrogens (tertiary/aromatic N) is 2. The second kappa shape index (κ2) is 9.26. The Morgan fingerprint density at radius 1 is 1.12 bits per heavy atom. The Hall–Kier alpha value is -2.73. The van der Waals surface area contributed by atoms with Crippen LogP contribution in [-0.2, 0) is 22.5 Å². The smallest absolute Gasteiger partial charge is 0.323 e. The van der Waals surface area contributed by atoms with Crippen LogP contribution in [0.25, 0.3) is 0 Å². The molecule has 0 amide bonds. The normalized spacial score (nSPS) is 23.4. The molecule has 33 heavy (non-hydrogen) atoms. The Labute approximate surface area is 196 Å². The van der Waals surface area contributed by atoms with Gasteiger partial charge in [-0.1, -0.05) is 25.0 Å². The molecule has 1 saturated carbocycles. The molecule has 0 radical (unpaired) electrons. The maximum atomic E-state index is 12.7. The Balaban J connectivity index is 1.45. The lowest BCUT2D eigenvalue weighted by Gasteiger charge is -2.37. The summed E-state index contributed by atoms with van der Waals surface area (Å²) in [6.07, 6.45) is 6.58. The third-order valence-corrected chi connectivity index (χ3v) is 7.62. The zero-order valence-electron chi connectivity index (χ0n) is 19.6. The fraction of sp³-hybridized carbons (Fsp3) is 0.519. The molecular weight excluding hydrogens is 416 g/mol. The zero-order valence-corrected chi connectivity index (χ0v) is 19.6. The lowest BCUT2D eigenvalue weighted by molar-refractivity contribution is -0.148. The summed E-state index contributed by atoms with van der Waals surface area (Å²) >= 11 is 0. The van der Waals surface area contributed by atoms with Crippen molar-refractivity contribution in [3.8, 4) is 11.5 Å². The van der Waals surface area contributed by atoms with Gasteiger partial charge in [-0.15, -0.1) is 0 Å². The second-order valence-corrected chi connectivity index (χ2v) is 9.82. The van der Waals surface area contributed by atoms with E-state index in [4.69, 9.17) is 9.47 Å². The molecule has 2 aromatic carbocycles. The predicted octanol–water partition coefficient (Wildman–Crippen LogP) is 4.44. The van der Waals surface area contributed by atoms with Gasteiger partial charge in [0.2, 0.25) is 0 Å². The summed E-state index contributed by atoms with van der Waals surface area (Å²) in [6.45, 7) is 2.56. The Morgan fingerprint density at radius 3 is 2.61 bits per heavy atom. The van der Waals surface area contributed by atoms with Gasteiger partial charge in [0.25, 0.3) is 0 Å². The van der Waals surface area contributed by atoms with Crippen molar-refractivity contribution in [2.75, 3.05) is 32.1 Å². The van der Waals surface area contributed by atoms with Crippen LogP contribution < -0.4 is 9.64 Å². The van der Waals surface area contributed by atoms with Gasteiger partial charge >= 0.3 is 5.97 Å². The van der Waals surface area contributed by atoms with Crippen molar-refractivity contribution in [1.29, 1.82) is 0 Å². The van der Waals surface area contributed by atoms with Gasteiger partial charge in [0.1, 0.15) is 23.6 Å². The monoisotopic (exact) mass is 450 g/mol. The molecule has 0 bridgehead atoms. The largest absolute Gasteiger partial charge is 0.508 e. The minimum Gasteiger partial charge on any atom is -0.508 e. The maximum absolute atomic E-state index is 12.7. The third-order valence-electron chi connectivity index (χ3n) is 7.62. The SMILES string of the molecule is COC(=O)[C@@H]1Cc2cc3c(cc2CN1CC1CCCC1)O[C@@H](c1ccc(O)cc1)CCN3C. The summed E-state index contributed by atoms with van der Waals surface area (Å²) in [5.74, 6) is 1.69. The minimum atomic E-state index is -0.220. The van der Waals surface area contributed by atoms with Crippen LogP contribution in [0.5, 0.6) is 11.5 Å². The van der Waals surface area contributed by atoms with Crippen LogP contribution in [0.15, 0.2) is 36.4 Å².